The average Bonchev–Trinajstić information content (AvgIpc) is 2.61. The summed E-state index contributed by atoms with van der Waals surface area (Å²) in [5, 5.41) is 11.7. The van der Waals surface area contributed by atoms with Crippen LogP contribution >= 0.6 is 12.6 Å². The smallest absolute Gasteiger partial charge is 0.326 e. The highest BCUT2D eigenvalue weighted by atomic mass is 32.1. The van der Waals surface area contributed by atoms with Crippen molar-refractivity contribution in [3.05, 3.63) is 65.2 Å². The molecule has 2 rings (SSSR count). The summed E-state index contributed by atoms with van der Waals surface area (Å²) in [6.07, 6.45) is 0.861. The number of aliphatic carboxylic acids is 1. The van der Waals surface area contributed by atoms with Gasteiger partial charge in [-0.2, -0.15) is 12.6 Å². The molecule has 0 unspecified atom stereocenters. The molecule has 0 radical (unpaired) electrons. The van der Waals surface area contributed by atoms with Gasteiger partial charge < -0.3 is 15.2 Å². The molecule has 0 bridgehead atoms. The van der Waals surface area contributed by atoms with Gasteiger partial charge in [-0.3, -0.25) is 4.79 Å². The van der Waals surface area contributed by atoms with Crippen molar-refractivity contribution >= 4 is 24.5 Å². The van der Waals surface area contributed by atoms with Gasteiger partial charge in [0, 0.05) is 6.42 Å². The second-order valence-electron chi connectivity index (χ2n) is 5.54. The summed E-state index contributed by atoms with van der Waals surface area (Å²) in [5.41, 5.74) is 2.28. The van der Waals surface area contributed by atoms with Crippen LogP contribution in [0.4, 0.5) is 0 Å². The topological polar surface area (TPSA) is 75.6 Å². The normalized spacial score (nSPS) is 11.6. The first-order valence-electron chi connectivity index (χ1n) is 7.91. The molecule has 2 aromatic rings. The Morgan fingerprint density at radius 1 is 1.16 bits per heavy atom. The minimum absolute atomic E-state index is 0.246. The molecule has 0 saturated carbocycles. The van der Waals surface area contributed by atoms with E-state index in [-0.39, 0.29) is 6.42 Å². The number of carboxylic acid groups (broad SMARTS) is 1. The highest BCUT2D eigenvalue weighted by molar-refractivity contribution is 7.80. The number of carbonyl (C=O) groups excluding carboxylic acids is 1. The lowest BCUT2D eigenvalue weighted by Gasteiger charge is -2.17. The van der Waals surface area contributed by atoms with Gasteiger partial charge in [-0.15, -0.1) is 0 Å². The van der Waals surface area contributed by atoms with Gasteiger partial charge in [0.25, 0.3) is 5.91 Å². The van der Waals surface area contributed by atoms with Crippen molar-refractivity contribution in [1.29, 1.82) is 0 Å². The van der Waals surface area contributed by atoms with Crippen LogP contribution in [-0.2, 0) is 11.2 Å². The molecule has 2 aromatic carbocycles. The molecule has 6 heteroatoms. The van der Waals surface area contributed by atoms with Crippen molar-refractivity contribution in [2.75, 3.05) is 12.9 Å². The lowest BCUT2D eigenvalue weighted by atomic mass is 10.0. The number of hydrogen-bond donors (Lipinski definition) is 3. The monoisotopic (exact) mass is 359 g/mol. The molecule has 0 spiro atoms. The molecule has 0 heterocycles. The van der Waals surface area contributed by atoms with Crippen LogP contribution in [0.25, 0.3) is 0 Å². The van der Waals surface area contributed by atoms with E-state index in [0.717, 1.165) is 11.1 Å². The van der Waals surface area contributed by atoms with Crippen molar-refractivity contribution in [3.63, 3.8) is 0 Å². The first-order valence-corrected chi connectivity index (χ1v) is 8.54. The number of methoxy groups -OCH3 is 1. The summed E-state index contributed by atoms with van der Waals surface area (Å²) in [5.74, 6) is -0.732. The van der Waals surface area contributed by atoms with Gasteiger partial charge in [-0.1, -0.05) is 42.5 Å². The number of carbonyl (C=O) groups is 2. The minimum Gasteiger partial charge on any atom is -0.496 e. The predicted molar refractivity (Wildman–Crippen MR) is 99.6 cm³/mol. The zero-order valence-electron chi connectivity index (χ0n) is 13.9. The van der Waals surface area contributed by atoms with Gasteiger partial charge in [0.1, 0.15) is 11.8 Å². The quantitative estimate of drug-likeness (QED) is 0.634. The Morgan fingerprint density at radius 3 is 2.48 bits per heavy atom. The van der Waals surface area contributed by atoms with E-state index in [9.17, 15) is 14.7 Å². The average molecular weight is 359 g/mol. The fraction of sp³-hybridized carbons (Fsp3) is 0.263. The van der Waals surface area contributed by atoms with Crippen LogP contribution in [0, 0.1) is 0 Å². The molecule has 1 amide bonds. The Labute approximate surface area is 152 Å². The van der Waals surface area contributed by atoms with E-state index in [0.29, 0.717) is 23.5 Å². The Bertz CT molecular complexity index is 733. The Hall–Kier alpha value is -2.47. The summed E-state index contributed by atoms with van der Waals surface area (Å²) < 4.78 is 5.45. The molecule has 5 nitrogen and oxygen atoms in total. The lowest BCUT2D eigenvalue weighted by Crippen LogP contribution is -2.41. The maximum atomic E-state index is 12.5. The van der Waals surface area contributed by atoms with E-state index in [1.54, 1.807) is 12.1 Å². The number of rotatable bonds is 8. The molecule has 2 N–H and O–H groups in total. The fourth-order valence-electron chi connectivity index (χ4n) is 2.58. The van der Waals surface area contributed by atoms with Gasteiger partial charge in [0.05, 0.1) is 12.7 Å². The number of nitrogens with one attached hydrogen (secondary N) is 1. The van der Waals surface area contributed by atoms with Crippen LogP contribution in [0.3, 0.4) is 0 Å². The largest absolute Gasteiger partial charge is 0.496 e. The van der Waals surface area contributed by atoms with E-state index < -0.39 is 17.9 Å². The lowest BCUT2D eigenvalue weighted by molar-refractivity contribution is -0.139. The number of thiol groups is 1. The zero-order valence-corrected chi connectivity index (χ0v) is 14.8. The van der Waals surface area contributed by atoms with Gasteiger partial charge >= 0.3 is 5.97 Å². The third kappa shape index (κ3) is 5.00. The Balaban J connectivity index is 2.27. The molecule has 132 valence electrons. The number of carboxylic acids is 1. The van der Waals surface area contributed by atoms with Crippen molar-refractivity contribution in [2.24, 2.45) is 0 Å². The molecule has 0 aromatic heterocycles. The van der Waals surface area contributed by atoms with E-state index in [2.05, 4.69) is 17.9 Å². The van der Waals surface area contributed by atoms with E-state index in [1.165, 1.54) is 7.11 Å². The first-order chi connectivity index (χ1) is 12.1. The molecule has 0 aliphatic heterocycles. The fourth-order valence-corrected chi connectivity index (χ4v) is 2.84. The number of benzene rings is 2. The van der Waals surface area contributed by atoms with Crippen LogP contribution in [0.2, 0.25) is 0 Å². The minimum atomic E-state index is -1.08. The summed E-state index contributed by atoms with van der Waals surface area (Å²) >= 11 is 4.04. The van der Waals surface area contributed by atoms with Crippen LogP contribution in [-0.4, -0.2) is 35.9 Å². The highest BCUT2D eigenvalue weighted by Crippen LogP contribution is 2.26. The molecule has 25 heavy (non-hydrogen) atoms. The van der Waals surface area contributed by atoms with Crippen LogP contribution in [0.15, 0.2) is 48.5 Å². The Kier molecular flexibility index (Phi) is 6.89. The second-order valence-corrected chi connectivity index (χ2v) is 5.98. The molecule has 0 saturated heterocycles. The summed E-state index contributed by atoms with van der Waals surface area (Å²) in [6, 6.07) is 14.2. The zero-order chi connectivity index (χ0) is 18.2. The van der Waals surface area contributed by atoms with Gasteiger partial charge in [-0.05, 0) is 29.4 Å². The summed E-state index contributed by atoms with van der Waals surface area (Å²) in [7, 11) is 1.50. The van der Waals surface area contributed by atoms with E-state index in [1.807, 2.05) is 36.4 Å². The number of ether oxygens (including phenoxy) is 1. The van der Waals surface area contributed by atoms with Crippen LogP contribution in [0.5, 0.6) is 5.75 Å². The SMILES string of the molecule is COc1c(Cc2ccccc2)cccc1C(=O)N[C@@H](CCS)C(=O)O. The summed E-state index contributed by atoms with van der Waals surface area (Å²) in [6.45, 7) is 0. The third-order valence-corrected chi connectivity index (χ3v) is 4.06. The number of hydrogen-bond acceptors (Lipinski definition) is 4. The number of para-hydroxylation sites is 1. The standard InChI is InChI=1S/C19H21NO4S/c1-24-17-14(12-13-6-3-2-4-7-13)8-5-9-15(17)18(21)20-16(10-11-25)19(22)23/h2-9,16,25H,10-12H2,1H3,(H,20,21)(H,22,23)/t16-/m0/s1. The van der Waals surface area contributed by atoms with Gasteiger partial charge in [0.15, 0.2) is 0 Å². The number of amides is 1. The van der Waals surface area contributed by atoms with Gasteiger partial charge in [0.2, 0.25) is 0 Å². The highest BCUT2D eigenvalue weighted by Gasteiger charge is 2.22. The maximum absolute atomic E-state index is 12.5. The molecule has 0 aliphatic carbocycles. The van der Waals surface area contributed by atoms with E-state index in [4.69, 9.17) is 4.74 Å². The molecule has 0 fully saturated rings. The Morgan fingerprint density at radius 2 is 1.88 bits per heavy atom. The maximum Gasteiger partial charge on any atom is 0.326 e. The van der Waals surface area contributed by atoms with Crippen molar-refractivity contribution in [1.82, 2.24) is 5.32 Å². The first kappa shape index (κ1) is 18.9. The van der Waals surface area contributed by atoms with Crippen molar-refractivity contribution < 1.29 is 19.4 Å². The van der Waals surface area contributed by atoms with Crippen molar-refractivity contribution in [2.45, 2.75) is 18.9 Å². The predicted octanol–water partition coefficient (Wildman–Crippen LogP) is 2.79. The molecule has 0 aliphatic rings. The van der Waals surface area contributed by atoms with Crippen molar-refractivity contribution in [3.8, 4) is 5.75 Å². The second kappa shape index (κ2) is 9.13. The van der Waals surface area contributed by atoms with E-state index >= 15 is 0 Å². The molecule has 1 atom stereocenters. The molecular formula is C19H21NO4S. The van der Waals surface area contributed by atoms with Crippen LogP contribution < -0.4 is 10.1 Å². The van der Waals surface area contributed by atoms with Gasteiger partial charge in [-0.25, -0.2) is 4.79 Å². The molecular weight excluding hydrogens is 338 g/mol. The summed E-state index contributed by atoms with van der Waals surface area (Å²) in [4.78, 5) is 23.8. The third-order valence-electron chi connectivity index (χ3n) is 3.80. The van der Waals surface area contributed by atoms with Crippen LogP contribution in [0.1, 0.15) is 27.9 Å².